The Bertz CT molecular complexity index is 746. The van der Waals surface area contributed by atoms with Gasteiger partial charge in [-0.25, -0.2) is 9.97 Å². The van der Waals surface area contributed by atoms with Crippen LogP contribution in [-0.4, -0.2) is 50.4 Å². The van der Waals surface area contributed by atoms with E-state index in [0.717, 1.165) is 0 Å². The van der Waals surface area contributed by atoms with Gasteiger partial charge in [0.25, 0.3) is 0 Å². The van der Waals surface area contributed by atoms with E-state index in [4.69, 9.17) is 9.47 Å². The molecule has 0 saturated carbocycles. The number of methoxy groups -OCH3 is 2. The largest absolute Gasteiger partial charge is 0.493 e. The van der Waals surface area contributed by atoms with Crippen LogP contribution in [0, 0.1) is 0 Å². The van der Waals surface area contributed by atoms with Crippen molar-refractivity contribution in [3.8, 4) is 11.5 Å². The molecule has 2 heterocycles. The van der Waals surface area contributed by atoms with Crippen molar-refractivity contribution in [2.24, 2.45) is 0 Å². The molecule has 0 unspecified atom stereocenters. The molecular formula is C15H17F3N4O2. The number of piperazine rings is 1. The maximum Gasteiger partial charge on any atom is 0.451 e. The fraction of sp³-hybridized carbons (Fsp3) is 0.467. The minimum Gasteiger partial charge on any atom is -0.493 e. The number of alkyl halides is 3. The van der Waals surface area contributed by atoms with E-state index < -0.39 is 12.0 Å². The lowest BCUT2D eigenvalue weighted by molar-refractivity contribution is -0.144. The van der Waals surface area contributed by atoms with Crippen LogP contribution in [0.25, 0.3) is 10.9 Å². The summed E-state index contributed by atoms with van der Waals surface area (Å²) in [6.07, 6.45) is -4.62. The van der Waals surface area contributed by atoms with Gasteiger partial charge in [-0.15, -0.1) is 0 Å². The second-order valence-electron chi connectivity index (χ2n) is 5.33. The summed E-state index contributed by atoms with van der Waals surface area (Å²) in [5.41, 5.74) is 0.170. The van der Waals surface area contributed by atoms with Gasteiger partial charge in [-0.3, -0.25) is 0 Å². The minimum absolute atomic E-state index is 0.170. The molecule has 3 rings (SSSR count). The van der Waals surface area contributed by atoms with Crippen molar-refractivity contribution in [2.75, 3.05) is 45.3 Å². The van der Waals surface area contributed by atoms with E-state index in [-0.39, 0.29) is 11.3 Å². The topological polar surface area (TPSA) is 59.5 Å². The lowest BCUT2D eigenvalue weighted by Gasteiger charge is -2.29. The first-order valence-corrected chi connectivity index (χ1v) is 7.40. The Labute approximate surface area is 136 Å². The van der Waals surface area contributed by atoms with Crippen molar-refractivity contribution in [1.29, 1.82) is 0 Å². The number of fused-ring (bicyclic) bond motifs is 1. The first-order valence-electron chi connectivity index (χ1n) is 7.40. The average Bonchev–Trinajstić information content (AvgIpc) is 2.59. The first kappa shape index (κ1) is 16.6. The minimum atomic E-state index is -4.62. The molecule has 0 spiro atoms. The smallest absolute Gasteiger partial charge is 0.451 e. The van der Waals surface area contributed by atoms with Crippen molar-refractivity contribution in [1.82, 2.24) is 15.3 Å². The summed E-state index contributed by atoms with van der Waals surface area (Å²) in [6.45, 7) is 2.50. The van der Waals surface area contributed by atoms with Crippen LogP contribution in [0.15, 0.2) is 12.1 Å². The number of ether oxygens (including phenoxy) is 2. The SMILES string of the molecule is COc1cc2nc(C(F)(F)F)nc(N3CCNCC3)c2cc1OC. The second kappa shape index (κ2) is 6.31. The lowest BCUT2D eigenvalue weighted by Crippen LogP contribution is -2.44. The molecule has 24 heavy (non-hydrogen) atoms. The van der Waals surface area contributed by atoms with Gasteiger partial charge in [-0.2, -0.15) is 13.2 Å². The molecule has 1 saturated heterocycles. The van der Waals surface area contributed by atoms with Gasteiger partial charge in [-0.1, -0.05) is 0 Å². The van der Waals surface area contributed by atoms with E-state index in [1.54, 1.807) is 6.07 Å². The number of nitrogens with one attached hydrogen (secondary N) is 1. The highest BCUT2D eigenvalue weighted by Gasteiger charge is 2.36. The molecule has 0 bridgehead atoms. The highest BCUT2D eigenvalue weighted by molar-refractivity contribution is 5.92. The molecule has 130 valence electrons. The number of hydrogen-bond donors (Lipinski definition) is 1. The molecule has 1 aromatic heterocycles. The highest BCUT2D eigenvalue weighted by atomic mass is 19.4. The van der Waals surface area contributed by atoms with Gasteiger partial charge in [0.2, 0.25) is 5.82 Å². The van der Waals surface area contributed by atoms with Gasteiger partial charge in [0.15, 0.2) is 11.5 Å². The Hall–Kier alpha value is -2.29. The third-order valence-electron chi connectivity index (χ3n) is 3.85. The summed E-state index contributed by atoms with van der Waals surface area (Å²) in [7, 11) is 2.89. The second-order valence-corrected chi connectivity index (χ2v) is 5.33. The Morgan fingerprint density at radius 3 is 2.25 bits per heavy atom. The molecule has 1 aliphatic heterocycles. The van der Waals surface area contributed by atoms with Crippen LogP contribution in [0.3, 0.4) is 0 Å². The van der Waals surface area contributed by atoms with Crippen molar-refractivity contribution in [2.45, 2.75) is 6.18 Å². The molecular weight excluding hydrogens is 325 g/mol. The number of nitrogens with zero attached hydrogens (tertiary/aromatic N) is 3. The monoisotopic (exact) mass is 342 g/mol. The molecule has 0 radical (unpaired) electrons. The van der Waals surface area contributed by atoms with Crippen LogP contribution in [-0.2, 0) is 6.18 Å². The zero-order chi connectivity index (χ0) is 17.3. The molecule has 9 heteroatoms. The van der Waals surface area contributed by atoms with Gasteiger partial charge in [-0.05, 0) is 6.07 Å². The van der Waals surface area contributed by atoms with Crippen molar-refractivity contribution in [3.05, 3.63) is 18.0 Å². The number of aromatic nitrogens is 2. The van der Waals surface area contributed by atoms with Crippen molar-refractivity contribution >= 4 is 16.7 Å². The first-order chi connectivity index (χ1) is 11.4. The summed E-state index contributed by atoms with van der Waals surface area (Å²) in [5, 5.41) is 3.67. The maximum absolute atomic E-state index is 13.2. The third kappa shape index (κ3) is 3.03. The van der Waals surface area contributed by atoms with Gasteiger partial charge < -0.3 is 19.7 Å². The van der Waals surface area contributed by atoms with Gasteiger partial charge in [0.05, 0.1) is 19.7 Å². The summed E-state index contributed by atoms with van der Waals surface area (Å²) in [4.78, 5) is 9.29. The normalized spacial score (nSPS) is 15.6. The molecule has 1 N–H and O–H groups in total. The van der Waals surface area contributed by atoms with E-state index in [2.05, 4.69) is 15.3 Å². The predicted octanol–water partition coefficient (Wildman–Crippen LogP) is 2.08. The van der Waals surface area contributed by atoms with E-state index in [0.29, 0.717) is 43.1 Å². The van der Waals surface area contributed by atoms with Crippen LogP contribution in [0.4, 0.5) is 19.0 Å². The molecule has 1 aromatic carbocycles. The third-order valence-corrected chi connectivity index (χ3v) is 3.85. The molecule has 2 aromatic rings. The Morgan fingerprint density at radius 1 is 1.04 bits per heavy atom. The Morgan fingerprint density at radius 2 is 1.67 bits per heavy atom. The molecule has 6 nitrogen and oxygen atoms in total. The Kier molecular flexibility index (Phi) is 4.35. The van der Waals surface area contributed by atoms with Gasteiger partial charge in [0, 0.05) is 37.6 Å². The zero-order valence-corrected chi connectivity index (χ0v) is 13.3. The predicted molar refractivity (Wildman–Crippen MR) is 82.7 cm³/mol. The fourth-order valence-corrected chi connectivity index (χ4v) is 2.68. The molecule has 0 atom stereocenters. The van der Waals surface area contributed by atoms with Crippen molar-refractivity contribution in [3.63, 3.8) is 0 Å². The van der Waals surface area contributed by atoms with E-state index in [1.807, 2.05) is 4.90 Å². The van der Waals surface area contributed by atoms with Gasteiger partial charge in [0.1, 0.15) is 5.82 Å². The molecule has 1 fully saturated rings. The number of hydrogen-bond acceptors (Lipinski definition) is 6. The quantitative estimate of drug-likeness (QED) is 0.922. The molecule has 0 amide bonds. The molecule has 1 aliphatic rings. The van der Waals surface area contributed by atoms with Crippen LogP contribution >= 0.6 is 0 Å². The van der Waals surface area contributed by atoms with Crippen LogP contribution in [0.1, 0.15) is 5.82 Å². The maximum atomic E-state index is 13.2. The van der Waals surface area contributed by atoms with E-state index in [9.17, 15) is 13.2 Å². The number of halogens is 3. The van der Waals surface area contributed by atoms with Crippen LogP contribution < -0.4 is 19.7 Å². The highest BCUT2D eigenvalue weighted by Crippen LogP contribution is 2.37. The summed E-state index contributed by atoms with van der Waals surface area (Å²) in [6, 6.07) is 3.06. The van der Waals surface area contributed by atoms with Crippen molar-refractivity contribution < 1.29 is 22.6 Å². The summed E-state index contributed by atoms with van der Waals surface area (Å²) in [5.74, 6) is -0.154. The van der Waals surface area contributed by atoms with Crippen LogP contribution in [0.2, 0.25) is 0 Å². The van der Waals surface area contributed by atoms with E-state index >= 15 is 0 Å². The lowest BCUT2D eigenvalue weighted by atomic mass is 10.2. The zero-order valence-electron chi connectivity index (χ0n) is 13.3. The summed E-state index contributed by atoms with van der Waals surface area (Å²) >= 11 is 0. The fourth-order valence-electron chi connectivity index (χ4n) is 2.68. The number of anilines is 1. The number of rotatable bonds is 3. The standard InChI is InChI=1S/C15H17F3N4O2/c1-23-11-7-9-10(8-12(11)24-2)20-14(15(16,17)18)21-13(9)22-5-3-19-4-6-22/h7-8,19H,3-6H2,1-2H3. The number of benzene rings is 1. The van der Waals surface area contributed by atoms with Gasteiger partial charge >= 0.3 is 6.18 Å². The van der Waals surface area contributed by atoms with Crippen LogP contribution in [0.5, 0.6) is 11.5 Å². The molecule has 0 aliphatic carbocycles. The summed E-state index contributed by atoms with van der Waals surface area (Å²) < 4.78 is 50.0. The van der Waals surface area contributed by atoms with E-state index in [1.165, 1.54) is 20.3 Å². The Balaban J connectivity index is 2.24. The average molecular weight is 342 g/mol.